The minimum Gasteiger partial charge on any atom is -0.374 e. The van der Waals surface area contributed by atoms with Crippen molar-refractivity contribution in [2.45, 2.75) is 47.1 Å². The number of hydrogen-bond acceptors (Lipinski definition) is 4. The van der Waals surface area contributed by atoms with Gasteiger partial charge in [-0.05, 0) is 6.54 Å². The third kappa shape index (κ3) is 13.8. The van der Waals surface area contributed by atoms with Gasteiger partial charge in [0.05, 0.1) is 12.7 Å². The van der Waals surface area contributed by atoms with Crippen molar-refractivity contribution >= 4 is 6.41 Å². The van der Waals surface area contributed by atoms with E-state index in [0.717, 1.165) is 45.7 Å². The van der Waals surface area contributed by atoms with Gasteiger partial charge in [-0.3, -0.25) is 9.69 Å². The van der Waals surface area contributed by atoms with Gasteiger partial charge in [0.25, 0.3) is 0 Å². The molecule has 0 aromatic carbocycles. The summed E-state index contributed by atoms with van der Waals surface area (Å²) in [6.07, 6.45) is 2.12. The highest BCUT2D eigenvalue weighted by Crippen LogP contribution is 2.03. The van der Waals surface area contributed by atoms with Crippen LogP contribution in [0.3, 0.4) is 0 Å². The second-order valence-corrected chi connectivity index (χ2v) is 4.38. The third-order valence-electron chi connectivity index (χ3n) is 2.51. The molecule has 5 heteroatoms. The van der Waals surface area contributed by atoms with Gasteiger partial charge >= 0.3 is 0 Å². The number of hydrogen-bond donors (Lipinski definition) is 2. The molecular weight excluding hydrogens is 254 g/mol. The molecule has 0 aromatic heterocycles. The van der Waals surface area contributed by atoms with Crippen LogP contribution >= 0.6 is 0 Å². The van der Waals surface area contributed by atoms with Crippen molar-refractivity contribution < 1.29 is 9.53 Å². The van der Waals surface area contributed by atoms with Gasteiger partial charge in [-0.15, -0.1) is 0 Å². The molecule has 0 spiro atoms. The summed E-state index contributed by atoms with van der Waals surface area (Å²) in [7, 11) is 0. The maximum Gasteiger partial charge on any atom is 0.207 e. The van der Waals surface area contributed by atoms with Crippen LogP contribution in [0.1, 0.15) is 41.0 Å². The minimum absolute atomic E-state index is 0.144. The summed E-state index contributed by atoms with van der Waals surface area (Å²) in [5, 5.41) is 5.96. The molecule has 0 saturated carbocycles. The molecule has 122 valence electrons. The molecule has 0 radical (unpaired) electrons. The van der Waals surface area contributed by atoms with E-state index in [-0.39, 0.29) is 6.10 Å². The largest absolute Gasteiger partial charge is 0.374 e. The Hall–Kier alpha value is -0.650. The molecule has 5 nitrogen and oxygen atoms in total. The fourth-order valence-electron chi connectivity index (χ4n) is 1.70. The molecule has 1 aliphatic rings. The van der Waals surface area contributed by atoms with Crippen molar-refractivity contribution in [1.82, 2.24) is 15.5 Å². The van der Waals surface area contributed by atoms with Gasteiger partial charge in [0, 0.05) is 32.7 Å². The Bertz CT molecular complexity index is 192. The molecule has 1 amide bonds. The van der Waals surface area contributed by atoms with Crippen LogP contribution in [-0.4, -0.2) is 63.3 Å². The zero-order chi connectivity index (χ0) is 15.6. The third-order valence-corrected chi connectivity index (χ3v) is 2.51. The lowest BCUT2D eigenvalue weighted by Crippen LogP contribution is -2.48. The summed E-state index contributed by atoms with van der Waals surface area (Å²) in [4.78, 5) is 12.5. The van der Waals surface area contributed by atoms with Crippen LogP contribution in [0.5, 0.6) is 0 Å². The number of amides is 1. The van der Waals surface area contributed by atoms with E-state index in [1.54, 1.807) is 0 Å². The van der Waals surface area contributed by atoms with Crippen LogP contribution in [0.25, 0.3) is 0 Å². The summed E-state index contributed by atoms with van der Waals surface area (Å²) >= 11 is 0. The van der Waals surface area contributed by atoms with Gasteiger partial charge in [-0.1, -0.05) is 41.0 Å². The number of rotatable bonds is 7. The first-order chi connectivity index (χ1) is 9.78. The van der Waals surface area contributed by atoms with Crippen molar-refractivity contribution in [3.05, 3.63) is 0 Å². The molecule has 1 heterocycles. The van der Waals surface area contributed by atoms with Crippen LogP contribution < -0.4 is 10.6 Å². The van der Waals surface area contributed by atoms with Gasteiger partial charge in [0.2, 0.25) is 6.41 Å². The van der Waals surface area contributed by atoms with Gasteiger partial charge in [-0.25, -0.2) is 0 Å². The monoisotopic (exact) mass is 289 g/mol. The Kier molecular flexibility index (Phi) is 19.9. The summed E-state index contributed by atoms with van der Waals surface area (Å²) in [6, 6.07) is 0. The molecule has 2 N–H and O–H groups in total. The van der Waals surface area contributed by atoms with Gasteiger partial charge in [0.15, 0.2) is 0 Å². The molecule has 1 fully saturated rings. The Morgan fingerprint density at radius 3 is 2.50 bits per heavy atom. The average Bonchev–Trinajstić information content (AvgIpc) is 2.49. The smallest absolute Gasteiger partial charge is 0.207 e. The fraction of sp³-hybridized carbons (Fsp3) is 0.933. The minimum atomic E-state index is 0.144. The average molecular weight is 289 g/mol. The molecule has 1 unspecified atom stereocenters. The summed E-state index contributed by atoms with van der Waals surface area (Å²) in [5.74, 6) is 0. The molecule has 0 aliphatic carbocycles. The predicted octanol–water partition coefficient (Wildman–Crippen LogP) is 1.49. The van der Waals surface area contributed by atoms with Gasteiger partial charge in [0.1, 0.15) is 0 Å². The second kappa shape index (κ2) is 18.4. The first-order valence-corrected chi connectivity index (χ1v) is 8.00. The number of likely N-dealkylation sites (N-methyl/N-ethyl adjacent to an activating group) is 1. The van der Waals surface area contributed by atoms with E-state index >= 15 is 0 Å². The van der Waals surface area contributed by atoms with Crippen molar-refractivity contribution in [2.24, 2.45) is 0 Å². The van der Waals surface area contributed by atoms with E-state index in [4.69, 9.17) is 4.74 Å². The Morgan fingerprint density at radius 1 is 1.30 bits per heavy atom. The molecule has 1 atom stereocenters. The van der Waals surface area contributed by atoms with Crippen molar-refractivity contribution in [3.8, 4) is 0 Å². The normalized spacial score (nSPS) is 18.1. The summed E-state index contributed by atoms with van der Waals surface area (Å²) < 4.78 is 5.53. The van der Waals surface area contributed by atoms with Crippen LogP contribution in [0.15, 0.2) is 0 Å². The molecule has 20 heavy (non-hydrogen) atoms. The summed E-state index contributed by atoms with van der Waals surface area (Å²) in [5.41, 5.74) is 0. The van der Waals surface area contributed by atoms with Gasteiger partial charge < -0.3 is 15.4 Å². The quantitative estimate of drug-likeness (QED) is 0.551. The Labute approximate surface area is 125 Å². The fourth-order valence-corrected chi connectivity index (χ4v) is 1.70. The van der Waals surface area contributed by atoms with Crippen LogP contribution in [0, 0.1) is 0 Å². The SMILES string of the molecule is CC.CCC.CCNCCN1CCOC(CNC=O)C1. The lowest BCUT2D eigenvalue weighted by Gasteiger charge is -2.32. The number of nitrogens with one attached hydrogen (secondary N) is 2. The van der Waals surface area contributed by atoms with Crippen molar-refractivity contribution in [2.75, 3.05) is 45.9 Å². The number of nitrogens with zero attached hydrogens (tertiary/aromatic N) is 1. The van der Waals surface area contributed by atoms with Gasteiger partial charge in [-0.2, -0.15) is 0 Å². The number of morpholine rings is 1. The number of ether oxygens (including phenoxy) is 1. The highest BCUT2D eigenvalue weighted by atomic mass is 16.5. The van der Waals surface area contributed by atoms with Crippen molar-refractivity contribution in [3.63, 3.8) is 0 Å². The Morgan fingerprint density at radius 2 is 1.95 bits per heavy atom. The second-order valence-electron chi connectivity index (χ2n) is 4.38. The zero-order valence-corrected chi connectivity index (χ0v) is 14.1. The van der Waals surface area contributed by atoms with Crippen LogP contribution in [0.2, 0.25) is 0 Å². The Balaban J connectivity index is 0. The van der Waals surface area contributed by atoms with Crippen LogP contribution in [-0.2, 0) is 9.53 Å². The first kappa shape index (κ1) is 21.6. The molecular formula is C15H35N3O2. The molecule has 0 bridgehead atoms. The van der Waals surface area contributed by atoms with E-state index in [0.29, 0.717) is 6.54 Å². The lowest BCUT2D eigenvalue weighted by molar-refractivity contribution is -0.110. The standard InChI is InChI=1S/C10H21N3O2.C3H8.C2H6/c1-2-11-3-4-13-5-6-15-10(8-13)7-12-9-14;1-3-2;1-2/h9-11H,2-8H2,1H3,(H,12,14);3H2,1-2H3;1-2H3. The van der Waals surface area contributed by atoms with E-state index in [2.05, 4.69) is 36.3 Å². The summed E-state index contributed by atoms with van der Waals surface area (Å²) in [6.45, 7) is 16.7. The number of carbonyl (C=O) groups is 1. The van der Waals surface area contributed by atoms with E-state index in [1.807, 2.05) is 13.8 Å². The number of carbonyl (C=O) groups excluding carboxylic acids is 1. The topological polar surface area (TPSA) is 53.6 Å². The van der Waals surface area contributed by atoms with Crippen molar-refractivity contribution in [1.29, 1.82) is 0 Å². The lowest BCUT2D eigenvalue weighted by atomic mass is 10.2. The zero-order valence-electron chi connectivity index (χ0n) is 14.1. The first-order valence-electron chi connectivity index (χ1n) is 8.00. The predicted molar refractivity (Wildman–Crippen MR) is 86.1 cm³/mol. The molecule has 1 aliphatic heterocycles. The molecule has 0 aromatic rings. The highest BCUT2D eigenvalue weighted by molar-refractivity contribution is 5.45. The van der Waals surface area contributed by atoms with E-state index < -0.39 is 0 Å². The molecule has 1 saturated heterocycles. The highest BCUT2D eigenvalue weighted by Gasteiger charge is 2.19. The maximum atomic E-state index is 10.1. The van der Waals surface area contributed by atoms with E-state index in [9.17, 15) is 4.79 Å². The molecule has 1 rings (SSSR count). The van der Waals surface area contributed by atoms with E-state index in [1.165, 1.54) is 6.42 Å². The van der Waals surface area contributed by atoms with Crippen LogP contribution in [0.4, 0.5) is 0 Å². The maximum absolute atomic E-state index is 10.1.